The van der Waals surface area contributed by atoms with Gasteiger partial charge < -0.3 is 15.4 Å². The molecule has 1 heterocycles. The molecule has 5 heteroatoms. The van der Waals surface area contributed by atoms with E-state index in [0.717, 1.165) is 12.8 Å². The van der Waals surface area contributed by atoms with Gasteiger partial charge in [0.2, 0.25) is 11.8 Å². The number of carbonyl (C=O) groups excluding carboxylic acids is 2. The van der Waals surface area contributed by atoms with Crippen LogP contribution in [0.25, 0.3) is 0 Å². The van der Waals surface area contributed by atoms with Crippen LogP contribution in [0.3, 0.4) is 0 Å². The van der Waals surface area contributed by atoms with Crippen LogP contribution < -0.4 is 10.6 Å². The molecule has 1 aliphatic heterocycles. The van der Waals surface area contributed by atoms with Gasteiger partial charge in [-0.3, -0.25) is 9.59 Å². The summed E-state index contributed by atoms with van der Waals surface area (Å²) in [5.74, 6) is 0.0639. The summed E-state index contributed by atoms with van der Waals surface area (Å²) in [6.07, 6.45) is 2.59. The monoisotopic (exact) mass is 228 g/mol. The first kappa shape index (κ1) is 13.0. The van der Waals surface area contributed by atoms with E-state index in [9.17, 15) is 9.59 Å². The molecule has 0 bridgehead atoms. The van der Waals surface area contributed by atoms with Crippen molar-refractivity contribution < 1.29 is 14.3 Å². The van der Waals surface area contributed by atoms with Crippen molar-refractivity contribution in [1.29, 1.82) is 0 Å². The van der Waals surface area contributed by atoms with Gasteiger partial charge >= 0.3 is 0 Å². The van der Waals surface area contributed by atoms with E-state index in [1.54, 1.807) is 0 Å². The van der Waals surface area contributed by atoms with Crippen molar-refractivity contribution in [3.63, 3.8) is 0 Å². The molecular weight excluding hydrogens is 208 g/mol. The van der Waals surface area contributed by atoms with Crippen molar-refractivity contribution >= 4 is 11.8 Å². The fourth-order valence-electron chi connectivity index (χ4n) is 1.57. The van der Waals surface area contributed by atoms with Gasteiger partial charge in [-0.15, -0.1) is 0 Å². The molecule has 2 amide bonds. The average Bonchev–Trinajstić information content (AvgIpc) is 2.28. The highest BCUT2D eigenvalue weighted by Gasteiger charge is 2.19. The number of rotatable bonds is 6. The van der Waals surface area contributed by atoms with Crippen molar-refractivity contribution in [2.45, 2.75) is 38.6 Å². The molecule has 1 atom stereocenters. The Morgan fingerprint density at radius 1 is 1.56 bits per heavy atom. The van der Waals surface area contributed by atoms with Crippen molar-refractivity contribution in [2.75, 3.05) is 19.8 Å². The van der Waals surface area contributed by atoms with E-state index in [0.29, 0.717) is 32.6 Å². The summed E-state index contributed by atoms with van der Waals surface area (Å²) in [5, 5.41) is 5.61. The van der Waals surface area contributed by atoms with Crippen molar-refractivity contribution in [2.24, 2.45) is 0 Å². The number of amides is 2. The van der Waals surface area contributed by atoms with Crippen LogP contribution in [-0.2, 0) is 14.3 Å². The molecule has 0 spiro atoms. The summed E-state index contributed by atoms with van der Waals surface area (Å²) in [7, 11) is 0. The van der Waals surface area contributed by atoms with Crippen molar-refractivity contribution in [1.82, 2.24) is 10.6 Å². The minimum absolute atomic E-state index is 0.00254. The first-order valence-electron chi connectivity index (χ1n) is 5.86. The standard InChI is InChI=1S/C11H20N2O3/c1-2-6-16-7-5-11(15)13-9-3-4-10(14)12-8-9/h9H,2-8H2,1H3,(H,12,14)(H,13,15). The highest BCUT2D eigenvalue weighted by molar-refractivity contribution is 5.78. The number of hydrogen-bond donors (Lipinski definition) is 2. The van der Waals surface area contributed by atoms with Gasteiger partial charge in [0.15, 0.2) is 0 Å². The number of carbonyl (C=O) groups is 2. The van der Waals surface area contributed by atoms with Gasteiger partial charge in [0.1, 0.15) is 0 Å². The Morgan fingerprint density at radius 3 is 3.00 bits per heavy atom. The van der Waals surface area contributed by atoms with Gasteiger partial charge in [-0.1, -0.05) is 6.92 Å². The maximum atomic E-state index is 11.5. The van der Waals surface area contributed by atoms with Gasteiger partial charge in [0.05, 0.1) is 6.61 Å². The molecule has 0 aromatic carbocycles. The normalized spacial score (nSPS) is 20.3. The molecule has 0 aromatic heterocycles. The Kier molecular flexibility index (Phi) is 5.85. The molecule has 0 aromatic rings. The number of hydrogen-bond acceptors (Lipinski definition) is 3. The minimum Gasteiger partial charge on any atom is -0.381 e. The summed E-state index contributed by atoms with van der Waals surface area (Å²) in [6.45, 7) is 3.75. The van der Waals surface area contributed by atoms with Crippen LogP contribution in [0.5, 0.6) is 0 Å². The van der Waals surface area contributed by atoms with Crippen LogP contribution in [-0.4, -0.2) is 37.6 Å². The molecule has 0 aliphatic carbocycles. The minimum atomic E-state index is -0.00254. The number of nitrogens with one attached hydrogen (secondary N) is 2. The zero-order valence-electron chi connectivity index (χ0n) is 9.75. The lowest BCUT2D eigenvalue weighted by Crippen LogP contribution is -2.47. The summed E-state index contributed by atoms with van der Waals surface area (Å²) in [6, 6.07) is 0.0800. The van der Waals surface area contributed by atoms with Gasteiger partial charge in [0, 0.05) is 32.0 Å². The summed E-state index contributed by atoms with van der Waals surface area (Å²) < 4.78 is 5.23. The Balaban J connectivity index is 2.07. The molecule has 1 aliphatic rings. The van der Waals surface area contributed by atoms with E-state index < -0.39 is 0 Å². The molecule has 0 saturated carbocycles. The van der Waals surface area contributed by atoms with E-state index in [2.05, 4.69) is 10.6 Å². The molecule has 1 fully saturated rings. The lowest BCUT2D eigenvalue weighted by molar-refractivity contribution is -0.126. The molecular formula is C11H20N2O3. The zero-order valence-corrected chi connectivity index (χ0v) is 9.75. The van der Waals surface area contributed by atoms with Crippen LogP contribution in [0.15, 0.2) is 0 Å². The zero-order chi connectivity index (χ0) is 11.8. The largest absolute Gasteiger partial charge is 0.381 e. The van der Waals surface area contributed by atoms with Crippen LogP contribution >= 0.6 is 0 Å². The molecule has 92 valence electrons. The predicted molar refractivity (Wildman–Crippen MR) is 59.9 cm³/mol. The molecule has 16 heavy (non-hydrogen) atoms. The van der Waals surface area contributed by atoms with Gasteiger partial charge in [-0.2, -0.15) is 0 Å². The Hall–Kier alpha value is -1.10. The lowest BCUT2D eigenvalue weighted by atomic mass is 10.1. The fraction of sp³-hybridized carbons (Fsp3) is 0.818. The first-order chi connectivity index (χ1) is 7.72. The first-order valence-corrected chi connectivity index (χ1v) is 5.86. The van der Waals surface area contributed by atoms with Crippen LogP contribution in [0.4, 0.5) is 0 Å². The van der Waals surface area contributed by atoms with Gasteiger partial charge in [-0.25, -0.2) is 0 Å². The molecule has 5 nitrogen and oxygen atoms in total. The SMILES string of the molecule is CCCOCCC(=O)NC1CCC(=O)NC1. The third-order valence-electron chi connectivity index (χ3n) is 2.45. The molecule has 1 saturated heterocycles. The Bertz CT molecular complexity index is 233. The Morgan fingerprint density at radius 2 is 2.38 bits per heavy atom. The Labute approximate surface area is 95.9 Å². The second-order valence-electron chi connectivity index (χ2n) is 3.97. The smallest absolute Gasteiger partial charge is 0.222 e. The number of ether oxygens (including phenoxy) is 1. The van der Waals surface area contributed by atoms with E-state index >= 15 is 0 Å². The van der Waals surface area contributed by atoms with Gasteiger partial charge in [-0.05, 0) is 12.8 Å². The predicted octanol–water partition coefficient (Wildman–Crippen LogP) is 0.198. The van der Waals surface area contributed by atoms with E-state index in [1.807, 2.05) is 6.92 Å². The third-order valence-corrected chi connectivity index (χ3v) is 2.45. The highest BCUT2D eigenvalue weighted by Crippen LogP contribution is 2.02. The second kappa shape index (κ2) is 7.22. The number of piperidine rings is 1. The quantitative estimate of drug-likeness (QED) is 0.638. The lowest BCUT2D eigenvalue weighted by Gasteiger charge is -2.23. The van der Waals surface area contributed by atoms with Crippen LogP contribution in [0, 0.1) is 0 Å². The maximum Gasteiger partial charge on any atom is 0.222 e. The average molecular weight is 228 g/mol. The van der Waals surface area contributed by atoms with Crippen LogP contribution in [0.2, 0.25) is 0 Å². The highest BCUT2D eigenvalue weighted by atomic mass is 16.5. The van der Waals surface area contributed by atoms with Gasteiger partial charge in [0.25, 0.3) is 0 Å². The van der Waals surface area contributed by atoms with E-state index in [1.165, 1.54) is 0 Å². The van der Waals surface area contributed by atoms with Crippen LogP contribution in [0.1, 0.15) is 32.6 Å². The van der Waals surface area contributed by atoms with E-state index in [-0.39, 0.29) is 17.9 Å². The molecule has 0 radical (unpaired) electrons. The summed E-state index contributed by atoms with van der Waals surface area (Å²) in [4.78, 5) is 22.3. The van der Waals surface area contributed by atoms with Crippen molar-refractivity contribution in [3.05, 3.63) is 0 Å². The molecule has 1 unspecified atom stereocenters. The topological polar surface area (TPSA) is 67.4 Å². The maximum absolute atomic E-state index is 11.5. The molecule has 1 rings (SSSR count). The second-order valence-corrected chi connectivity index (χ2v) is 3.97. The van der Waals surface area contributed by atoms with Crippen molar-refractivity contribution in [3.8, 4) is 0 Å². The fourth-order valence-corrected chi connectivity index (χ4v) is 1.57. The van der Waals surface area contributed by atoms with E-state index in [4.69, 9.17) is 4.74 Å². The summed E-state index contributed by atoms with van der Waals surface area (Å²) in [5.41, 5.74) is 0. The molecule has 2 N–H and O–H groups in total. The third kappa shape index (κ3) is 5.11. The summed E-state index contributed by atoms with van der Waals surface area (Å²) >= 11 is 0.